The fourth-order valence-electron chi connectivity index (χ4n) is 7.96. The summed E-state index contributed by atoms with van der Waals surface area (Å²) >= 11 is 0. The first-order valence-electron chi connectivity index (χ1n) is 12.3. The van der Waals surface area contributed by atoms with Gasteiger partial charge in [0.25, 0.3) is 0 Å². The molecule has 0 radical (unpaired) electrons. The lowest BCUT2D eigenvalue weighted by molar-refractivity contribution is -0.142. The fraction of sp³-hybridized carbons (Fsp3) is 0.500. The molecule has 2 aromatic carbocycles. The molecule has 5 aliphatic rings. The van der Waals surface area contributed by atoms with Gasteiger partial charge in [0.1, 0.15) is 12.6 Å². The maximum absolute atomic E-state index is 12.7. The number of carbonyl (C=O) groups excluding carboxylic acids is 1. The third-order valence-electron chi connectivity index (χ3n) is 8.74. The van der Waals surface area contributed by atoms with Gasteiger partial charge >= 0.3 is 12.1 Å². The first-order chi connectivity index (χ1) is 16.0. The Morgan fingerprint density at radius 3 is 1.94 bits per heavy atom. The number of rotatable bonds is 6. The highest BCUT2D eigenvalue weighted by Crippen LogP contribution is 2.61. The smallest absolute Gasteiger partial charge is 0.407 e. The van der Waals surface area contributed by atoms with Crippen molar-refractivity contribution < 1.29 is 19.4 Å². The Kier molecular flexibility index (Phi) is 4.97. The lowest BCUT2D eigenvalue weighted by Gasteiger charge is -2.57. The Bertz CT molecular complexity index is 1010. The molecule has 0 aromatic heterocycles. The van der Waals surface area contributed by atoms with Gasteiger partial charge in [-0.2, -0.15) is 0 Å². The van der Waals surface area contributed by atoms with Gasteiger partial charge in [0.05, 0.1) is 0 Å². The number of ether oxygens (including phenoxy) is 1. The van der Waals surface area contributed by atoms with Crippen LogP contribution in [0, 0.1) is 23.2 Å². The Balaban J connectivity index is 1.13. The standard InChI is InChI=1S/C28H31NO4/c30-26(31)25(15-28-12-17-9-18(13-28)11-19(10-17)14-28)29-27(32)33-16-24-22-7-3-1-5-20(22)21-6-2-4-8-23(21)24/h1-8,17-19,24-25H,9-16H2,(H,29,32)(H,30,31)/t17?,18?,19?,25-,28?/m0/s1. The third kappa shape index (κ3) is 3.71. The summed E-state index contributed by atoms with van der Waals surface area (Å²) in [7, 11) is 0. The summed E-state index contributed by atoms with van der Waals surface area (Å²) in [6.45, 7) is 0.198. The molecule has 7 rings (SSSR count). The minimum atomic E-state index is -0.959. The number of carbonyl (C=O) groups is 2. The minimum absolute atomic E-state index is 0.0328. The van der Waals surface area contributed by atoms with E-state index in [1.807, 2.05) is 24.3 Å². The van der Waals surface area contributed by atoms with E-state index in [4.69, 9.17) is 4.74 Å². The van der Waals surface area contributed by atoms with Crippen LogP contribution in [0.5, 0.6) is 0 Å². The van der Waals surface area contributed by atoms with Gasteiger partial charge in [0.2, 0.25) is 0 Å². The molecule has 1 atom stereocenters. The zero-order valence-corrected chi connectivity index (χ0v) is 18.8. The van der Waals surface area contributed by atoms with Crippen LogP contribution in [0.25, 0.3) is 11.1 Å². The molecular formula is C28H31NO4. The topological polar surface area (TPSA) is 75.6 Å². The van der Waals surface area contributed by atoms with Crippen LogP contribution in [-0.2, 0) is 9.53 Å². The zero-order chi connectivity index (χ0) is 22.6. The molecule has 4 fully saturated rings. The van der Waals surface area contributed by atoms with Gasteiger partial charge in [-0.1, -0.05) is 48.5 Å². The molecule has 0 aliphatic heterocycles. The van der Waals surface area contributed by atoms with Crippen LogP contribution in [0.15, 0.2) is 48.5 Å². The SMILES string of the molecule is O=C(N[C@@H](CC12CC3CC(CC(C3)C1)C2)C(=O)O)OCC1c2ccccc2-c2ccccc21. The molecule has 2 aromatic rings. The number of carboxylic acid groups (broad SMARTS) is 1. The van der Waals surface area contributed by atoms with E-state index in [1.165, 1.54) is 30.4 Å². The molecule has 5 aliphatic carbocycles. The Morgan fingerprint density at radius 2 is 1.42 bits per heavy atom. The van der Waals surface area contributed by atoms with Crippen molar-refractivity contribution in [2.45, 2.75) is 56.9 Å². The summed E-state index contributed by atoms with van der Waals surface area (Å²) in [6, 6.07) is 15.5. The normalized spacial score (nSPS) is 29.9. The van der Waals surface area contributed by atoms with E-state index in [0.717, 1.165) is 48.1 Å². The Labute approximate surface area is 194 Å². The molecule has 0 spiro atoms. The van der Waals surface area contributed by atoms with Crippen molar-refractivity contribution in [3.8, 4) is 11.1 Å². The number of amides is 1. The number of hydrogen-bond donors (Lipinski definition) is 2. The summed E-state index contributed by atoms with van der Waals surface area (Å²) in [5.74, 6) is 1.26. The van der Waals surface area contributed by atoms with E-state index in [1.54, 1.807) is 0 Å². The summed E-state index contributed by atoms with van der Waals surface area (Å²) in [6.07, 6.45) is 7.20. The highest BCUT2D eigenvalue weighted by molar-refractivity contribution is 5.81. The first-order valence-corrected chi connectivity index (χ1v) is 12.3. The summed E-state index contributed by atoms with van der Waals surface area (Å²) in [4.78, 5) is 24.8. The van der Waals surface area contributed by atoms with Gasteiger partial charge in [-0.3, -0.25) is 0 Å². The Morgan fingerprint density at radius 1 is 0.909 bits per heavy atom. The lowest BCUT2D eigenvalue weighted by atomic mass is 9.48. The van der Waals surface area contributed by atoms with Crippen LogP contribution in [0.3, 0.4) is 0 Å². The van der Waals surface area contributed by atoms with E-state index in [2.05, 4.69) is 29.6 Å². The number of hydrogen-bond acceptors (Lipinski definition) is 3. The second-order valence-electron chi connectivity index (χ2n) is 11.0. The number of benzene rings is 2. The maximum atomic E-state index is 12.7. The molecule has 1 amide bonds. The molecule has 2 N–H and O–H groups in total. The highest BCUT2D eigenvalue weighted by atomic mass is 16.5. The second kappa shape index (κ2) is 7.89. The maximum Gasteiger partial charge on any atom is 0.407 e. The van der Waals surface area contributed by atoms with E-state index < -0.39 is 18.1 Å². The molecule has 5 heteroatoms. The second-order valence-corrected chi connectivity index (χ2v) is 11.0. The predicted octanol–water partition coefficient (Wildman–Crippen LogP) is 5.58. The number of alkyl carbamates (subject to hydrolysis) is 1. The lowest BCUT2D eigenvalue weighted by Crippen LogP contribution is -2.51. The molecule has 5 nitrogen and oxygen atoms in total. The predicted molar refractivity (Wildman–Crippen MR) is 125 cm³/mol. The first kappa shape index (κ1) is 20.8. The molecule has 0 unspecified atom stereocenters. The molecule has 4 saturated carbocycles. The zero-order valence-electron chi connectivity index (χ0n) is 18.8. The average Bonchev–Trinajstić information content (AvgIpc) is 3.10. The van der Waals surface area contributed by atoms with Gasteiger partial charge in [-0.15, -0.1) is 0 Å². The van der Waals surface area contributed by atoms with E-state index in [0.29, 0.717) is 6.42 Å². The van der Waals surface area contributed by atoms with Crippen LogP contribution in [0.2, 0.25) is 0 Å². The summed E-state index contributed by atoms with van der Waals surface area (Å²) < 4.78 is 5.63. The summed E-state index contributed by atoms with van der Waals surface area (Å²) in [5.41, 5.74) is 4.72. The van der Waals surface area contributed by atoms with Crippen molar-refractivity contribution in [2.75, 3.05) is 6.61 Å². The number of fused-ring (bicyclic) bond motifs is 3. The van der Waals surface area contributed by atoms with Crippen LogP contribution >= 0.6 is 0 Å². The quantitative estimate of drug-likeness (QED) is 0.608. The average molecular weight is 446 g/mol. The van der Waals surface area contributed by atoms with Gasteiger partial charge < -0.3 is 15.2 Å². The van der Waals surface area contributed by atoms with Crippen LogP contribution in [0.1, 0.15) is 62.0 Å². The molecule has 172 valence electrons. The van der Waals surface area contributed by atoms with Gasteiger partial charge in [-0.25, -0.2) is 9.59 Å². The van der Waals surface area contributed by atoms with Crippen molar-refractivity contribution in [2.24, 2.45) is 23.2 Å². The molecular weight excluding hydrogens is 414 g/mol. The molecule has 0 heterocycles. The highest BCUT2D eigenvalue weighted by Gasteiger charge is 2.52. The molecule has 0 saturated heterocycles. The van der Waals surface area contributed by atoms with Crippen LogP contribution in [-0.4, -0.2) is 29.8 Å². The van der Waals surface area contributed by atoms with Gasteiger partial charge in [0.15, 0.2) is 0 Å². The van der Waals surface area contributed by atoms with Gasteiger partial charge in [-0.05, 0) is 90.4 Å². The number of nitrogens with one attached hydrogen (secondary N) is 1. The van der Waals surface area contributed by atoms with E-state index >= 15 is 0 Å². The van der Waals surface area contributed by atoms with E-state index in [9.17, 15) is 14.7 Å². The van der Waals surface area contributed by atoms with Crippen molar-refractivity contribution in [3.63, 3.8) is 0 Å². The monoisotopic (exact) mass is 445 g/mol. The van der Waals surface area contributed by atoms with Crippen LogP contribution in [0.4, 0.5) is 4.79 Å². The minimum Gasteiger partial charge on any atom is -0.480 e. The Hall–Kier alpha value is -2.82. The molecule has 33 heavy (non-hydrogen) atoms. The molecule has 4 bridgehead atoms. The van der Waals surface area contributed by atoms with Crippen molar-refractivity contribution in [1.82, 2.24) is 5.32 Å². The van der Waals surface area contributed by atoms with E-state index in [-0.39, 0.29) is 17.9 Å². The van der Waals surface area contributed by atoms with Crippen molar-refractivity contribution in [3.05, 3.63) is 59.7 Å². The third-order valence-corrected chi connectivity index (χ3v) is 8.74. The number of aliphatic carboxylic acids is 1. The van der Waals surface area contributed by atoms with Crippen molar-refractivity contribution >= 4 is 12.1 Å². The van der Waals surface area contributed by atoms with Gasteiger partial charge in [0, 0.05) is 5.92 Å². The summed E-state index contributed by atoms with van der Waals surface area (Å²) in [5, 5.41) is 12.6. The number of carboxylic acids is 1. The van der Waals surface area contributed by atoms with Crippen molar-refractivity contribution in [1.29, 1.82) is 0 Å². The van der Waals surface area contributed by atoms with Crippen LogP contribution < -0.4 is 5.32 Å². The fourth-order valence-corrected chi connectivity index (χ4v) is 7.96. The largest absolute Gasteiger partial charge is 0.480 e.